The number of fused-ring (bicyclic) bond motifs is 1. The lowest BCUT2D eigenvalue weighted by Crippen LogP contribution is -2.30. The Hall–Kier alpha value is -2.29. The van der Waals surface area contributed by atoms with Crippen LogP contribution in [0.25, 0.3) is 0 Å². The van der Waals surface area contributed by atoms with Crippen LogP contribution in [0.15, 0.2) is 35.2 Å². The number of methoxy groups -OCH3 is 3. The second-order valence-corrected chi connectivity index (χ2v) is 7.96. The second kappa shape index (κ2) is 7.75. The lowest BCUT2D eigenvalue weighted by molar-refractivity contribution is 0.239. The molecule has 0 bridgehead atoms. The van der Waals surface area contributed by atoms with Crippen LogP contribution in [0.3, 0.4) is 0 Å². The molecule has 0 saturated heterocycles. The summed E-state index contributed by atoms with van der Waals surface area (Å²) in [6.07, 6.45) is 0.730. The van der Waals surface area contributed by atoms with Gasteiger partial charge in [0.2, 0.25) is 10.0 Å². The van der Waals surface area contributed by atoms with Crippen LogP contribution in [-0.4, -0.2) is 41.2 Å². The van der Waals surface area contributed by atoms with E-state index in [0.29, 0.717) is 18.8 Å². The van der Waals surface area contributed by atoms with E-state index in [-0.39, 0.29) is 10.6 Å². The predicted octanol–water partition coefficient (Wildman–Crippen LogP) is 1.92. The molecule has 27 heavy (non-hydrogen) atoms. The summed E-state index contributed by atoms with van der Waals surface area (Å²) < 4.78 is 39.7. The van der Waals surface area contributed by atoms with Gasteiger partial charge in [-0.15, -0.1) is 0 Å². The molecule has 0 aliphatic carbocycles. The van der Waals surface area contributed by atoms with Crippen LogP contribution in [0.1, 0.15) is 16.7 Å². The molecule has 2 N–H and O–H groups in total. The van der Waals surface area contributed by atoms with E-state index in [0.717, 1.165) is 35.4 Å². The molecule has 0 atom stereocenters. The molecule has 3 rings (SSSR count). The largest absolute Gasteiger partial charge is 0.495 e. The highest BCUT2D eigenvalue weighted by Crippen LogP contribution is 2.34. The van der Waals surface area contributed by atoms with Gasteiger partial charge in [0.1, 0.15) is 10.6 Å². The molecule has 7 nitrogen and oxygen atoms in total. The van der Waals surface area contributed by atoms with E-state index >= 15 is 0 Å². The first-order chi connectivity index (χ1) is 12.9. The summed E-state index contributed by atoms with van der Waals surface area (Å²) in [5, 5.41) is 5.31. The van der Waals surface area contributed by atoms with E-state index in [4.69, 9.17) is 19.3 Å². The topological polar surface area (TPSA) is 91.1 Å². The zero-order valence-corrected chi connectivity index (χ0v) is 16.5. The Labute approximate surface area is 159 Å². The van der Waals surface area contributed by atoms with Crippen molar-refractivity contribution in [1.82, 2.24) is 4.90 Å². The highest BCUT2D eigenvalue weighted by Gasteiger charge is 2.24. The average molecular weight is 392 g/mol. The zero-order valence-electron chi connectivity index (χ0n) is 15.7. The van der Waals surface area contributed by atoms with Crippen molar-refractivity contribution < 1.29 is 22.6 Å². The van der Waals surface area contributed by atoms with Crippen molar-refractivity contribution in [2.45, 2.75) is 24.4 Å². The van der Waals surface area contributed by atoms with Gasteiger partial charge in [0.15, 0.2) is 11.5 Å². The van der Waals surface area contributed by atoms with Crippen LogP contribution < -0.4 is 19.3 Å². The number of ether oxygens (including phenoxy) is 3. The van der Waals surface area contributed by atoms with E-state index in [9.17, 15) is 8.42 Å². The third-order valence-corrected chi connectivity index (χ3v) is 5.69. The fraction of sp³-hybridized carbons (Fsp3) is 0.368. The number of hydrogen-bond acceptors (Lipinski definition) is 6. The number of primary sulfonamides is 1. The van der Waals surface area contributed by atoms with Crippen LogP contribution in [0.2, 0.25) is 0 Å². The smallest absolute Gasteiger partial charge is 0.241 e. The third-order valence-electron chi connectivity index (χ3n) is 4.76. The second-order valence-electron chi connectivity index (χ2n) is 6.43. The molecule has 0 aromatic heterocycles. The zero-order chi connectivity index (χ0) is 19.6. The van der Waals surface area contributed by atoms with Crippen molar-refractivity contribution in [2.75, 3.05) is 27.9 Å². The maximum atomic E-state index is 11.8. The van der Waals surface area contributed by atoms with Crippen LogP contribution in [0.5, 0.6) is 17.2 Å². The SMILES string of the molecule is COc1cc2c(cc1S(N)(=O)=O)CCN(Cc1cccc(OC)c1OC)C2. The Kier molecular flexibility index (Phi) is 5.59. The lowest BCUT2D eigenvalue weighted by Gasteiger charge is -2.30. The molecular formula is C19H24N2O5S. The molecule has 0 fully saturated rings. The number of para-hydroxylation sites is 1. The number of rotatable bonds is 6. The Morgan fingerprint density at radius 3 is 2.41 bits per heavy atom. The van der Waals surface area contributed by atoms with Crippen molar-refractivity contribution in [3.8, 4) is 17.2 Å². The summed E-state index contributed by atoms with van der Waals surface area (Å²) in [6.45, 7) is 2.17. The van der Waals surface area contributed by atoms with Gasteiger partial charge >= 0.3 is 0 Å². The first-order valence-electron chi connectivity index (χ1n) is 8.52. The van der Waals surface area contributed by atoms with Crippen molar-refractivity contribution in [3.63, 3.8) is 0 Å². The molecular weight excluding hydrogens is 368 g/mol. The normalized spacial score (nSPS) is 14.5. The van der Waals surface area contributed by atoms with Gasteiger partial charge in [-0.3, -0.25) is 4.90 Å². The highest BCUT2D eigenvalue weighted by molar-refractivity contribution is 7.89. The number of sulfonamides is 1. The highest BCUT2D eigenvalue weighted by atomic mass is 32.2. The molecule has 146 valence electrons. The summed E-state index contributed by atoms with van der Waals surface area (Å²) in [6, 6.07) is 9.22. The first kappa shape index (κ1) is 19.5. The quantitative estimate of drug-likeness (QED) is 0.808. The monoisotopic (exact) mass is 392 g/mol. The minimum atomic E-state index is -3.83. The van der Waals surface area contributed by atoms with Crippen molar-refractivity contribution in [3.05, 3.63) is 47.0 Å². The number of nitrogens with two attached hydrogens (primary N) is 1. The summed E-state index contributed by atoms with van der Waals surface area (Å²) >= 11 is 0. The standard InChI is InChI=1S/C19H24N2O5S/c1-24-16-6-4-5-14(19(16)26-3)11-21-8-7-13-10-18(27(20,22)23)17(25-2)9-15(13)12-21/h4-6,9-10H,7-8,11-12H2,1-3H3,(H2,20,22,23). The molecule has 1 aliphatic heterocycles. The van der Waals surface area contributed by atoms with Gasteiger partial charge in [0, 0.05) is 25.2 Å². The lowest BCUT2D eigenvalue weighted by atomic mass is 9.98. The fourth-order valence-corrected chi connectivity index (χ4v) is 4.19. The first-order valence-corrected chi connectivity index (χ1v) is 10.1. The molecule has 2 aromatic carbocycles. The van der Waals surface area contributed by atoms with Gasteiger partial charge in [-0.05, 0) is 35.7 Å². The molecule has 0 unspecified atom stereocenters. The van der Waals surface area contributed by atoms with E-state index < -0.39 is 10.0 Å². The third kappa shape index (κ3) is 4.02. The van der Waals surface area contributed by atoms with Crippen molar-refractivity contribution in [1.29, 1.82) is 0 Å². The van der Waals surface area contributed by atoms with E-state index in [1.807, 2.05) is 18.2 Å². The average Bonchev–Trinajstić information content (AvgIpc) is 2.65. The van der Waals surface area contributed by atoms with Crippen LogP contribution in [-0.2, 0) is 29.5 Å². The van der Waals surface area contributed by atoms with Gasteiger partial charge in [0.05, 0.1) is 21.3 Å². The van der Waals surface area contributed by atoms with Gasteiger partial charge in [-0.25, -0.2) is 13.6 Å². The van der Waals surface area contributed by atoms with Gasteiger partial charge < -0.3 is 14.2 Å². The fourth-order valence-electron chi connectivity index (χ4n) is 3.46. The Bertz CT molecular complexity index is 943. The van der Waals surface area contributed by atoms with E-state index in [1.54, 1.807) is 26.4 Å². The molecule has 8 heteroatoms. The molecule has 0 saturated carbocycles. The molecule has 0 spiro atoms. The van der Waals surface area contributed by atoms with Gasteiger partial charge in [0.25, 0.3) is 0 Å². The van der Waals surface area contributed by atoms with Crippen LogP contribution in [0, 0.1) is 0 Å². The summed E-state index contributed by atoms with van der Waals surface area (Å²) in [5.41, 5.74) is 3.05. The van der Waals surface area contributed by atoms with Gasteiger partial charge in [-0.2, -0.15) is 0 Å². The molecule has 0 amide bonds. The number of nitrogens with zero attached hydrogens (tertiary/aromatic N) is 1. The summed E-state index contributed by atoms with van der Waals surface area (Å²) in [5.74, 6) is 1.71. The Balaban J connectivity index is 1.87. The minimum Gasteiger partial charge on any atom is -0.495 e. The van der Waals surface area contributed by atoms with E-state index in [2.05, 4.69) is 4.90 Å². The van der Waals surface area contributed by atoms with E-state index in [1.165, 1.54) is 7.11 Å². The van der Waals surface area contributed by atoms with Gasteiger partial charge in [-0.1, -0.05) is 12.1 Å². The maximum Gasteiger partial charge on any atom is 0.241 e. The number of hydrogen-bond donors (Lipinski definition) is 1. The van der Waals surface area contributed by atoms with Crippen molar-refractivity contribution >= 4 is 10.0 Å². The maximum absolute atomic E-state index is 11.8. The Morgan fingerprint density at radius 1 is 1.04 bits per heavy atom. The summed E-state index contributed by atoms with van der Waals surface area (Å²) in [7, 11) is 0.866. The predicted molar refractivity (Wildman–Crippen MR) is 102 cm³/mol. The molecule has 1 aliphatic rings. The summed E-state index contributed by atoms with van der Waals surface area (Å²) in [4.78, 5) is 2.31. The minimum absolute atomic E-state index is 0.0339. The van der Waals surface area contributed by atoms with Crippen LogP contribution in [0.4, 0.5) is 0 Å². The molecule has 0 radical (unpaired) electrons. The Morgan fingerprint density at radius 2 is 1.78 bits per heavy atom. The van der Waals surface area contributed by atoms with Crippen molar-refractivity contribution in [2.24, 2.45) is 5.14 Å². The molecule has 1 heterocycles. The molecule has 2 aromatic rings. The number of benzene rings is 2. The van der Waals surface area contributed by atoms with Crippen LogP contribution >= 0.6 is 0 Å².